The van der Waals surface area contributed by atoms with Crippen molar-refractivity contribution in [3.8, 4) is 0 Å². The van der Waals surface area contributed by atoms with E-state index in [2.05, 4.69) is 76.2 Å². The summed E-state index contributed by atoms with van der Waals surface area (Å²) in [6.45, 7) is 26.3. The Labute approximate surface area is 258 Å². The largest absolute Gasteiger partial charge is 0.270 e. The summed E-state index contributed by atoms with van der Waals surface area (Å²) in [5.74, 6) is 1.32. The van der Waals surface area contributed by atoms with Crippen molar-refractivity contribution in [2.45, 2.75) is 174 Å². The van der Waals surface area contributed by atoms with Crippen molar-refractivity contribution in [1.82, 2.24) is 0 Å². The molecular weight excluding hydrogens is 506 g/mol. The highest BCUT2D eigenvalue weighted by molar-refractivity contribution is 5.26. The van der Waals surface area contributed by atoms with Crippen LogP contribution in [-0.2, 0) is 12.3 Å². The van der Waals surface area contributed by atoms with Crippen molar-refractivity contribution in [1.29, 1.82) is 0 Å². The molecule has 1 aromatic carbocycles. The number of alkyl halides is 2. The molecule has 1 aromatic rings. The highest BCUT2D eigenvalue weighted by Gasteiger charge is 2.25. The zero-order chi connectivity index (χ0) is 30.1. The molecular formula is C39H74F2. The summed E-state index contributed by atoms with van der Waals surface area (Å²) in [5.41, 5.74) is 2.47. The summed E-state index contributed by atoms with van der Waals surface area (Å²) in [7, 11) is 0. The zero-order valence-electron chi connectivity index (χ0n) is 28.2. The van der Waals surface area contributed by atoms with Crippen molar-refractivity contribution < 1.29 is 8.78 Å². The van der Waals surface area contributed by atoms with Gasteiger partial charge in [0.2, 0.25) is 0 Å². The van der Waals surface area contributed by atoms with Gasteiger partial charge in [0.25, 0.3) is 5.92 Å². The van der Waals surface area contributed by atoms with Crippen molar-refractivity contribution in [2.24, 2.45) is 39.9 Å². The number of halogens is 2. The molecule has 0 atom stereocenters. The van der Waals surface area contributed by atoms with Crippen LogP contribution in [0.3, 0.4) is 0 Å². The SMILES string of the molecule is C.C.CC(C)(C)Cc1ccc(C(C)(F)F)cc1.CC1CCC(CC(C)(C)C)CC1.CC1CCC(CC(C)(C)C)CC1. The van der Waals surface area contributed by atoms with E-state index >= 15 is 0 Å². The third-order valence-electron chi connectivity index (χ3n) is 8.27. The summed E-state index contributed by atoms with van der Waals surface area (Å²) >= 11 is 0. The highest BCUT2D eigenvalue weighted by Crippen LogP contribution is 2.37. The Hall–Kier alpha value is -0.920. The fourth-order valence-corrected chi connectivity index (χ4v) is 6.33. The molecule has 0 aliphatic heterocycles. The van der Waals surface area contributed by atoms with Gasteiger partial charge in [-0.25, -0.2) is 8.78 Å². The molecule has 2 fully saturated rings. The van der Waals surface area contributed by atoms with Crippen LogP contribution in [0.5, 0.6) is 0 Å². The van der Waals surface area contributed by atoms with E-state index in [4.69, 9.17) is 0 Å². The van der Waals surface area contributed by atoms with Crippen molar-refractivity contribution >= 4 is 0 Å². The molecule has 0 unspecified atom stereocenters. The lowest BCUT2D eigenvalue weighted by Crippen LogP contribution is -2.18. The molecule has 0 aromatic heterocycles. The molecule has 41 heavy (non-hydrogen) atoms. The quantitative estimate of drug-likeness (QED) is 0.332. The van der Waals surface area contributed by atoms with E-state index in [-0.39, 0.29) is 25.8 Å². The molecule has 0 amide bonds. The van der Waals surface area contributed by atoms with E-state index < -0.39 is 5.92 Å². The molecule has 2 aliphatic rings. The Morgan fingerprint density at radius 2 is 0.854 bits per heavy atom. The number of benzene rings is 1. The van der Waals surface area contributed by atoms with Crippen LogP contribution in [0.2, 0.25) is 0 Å². The van der Waals surface area contributed by atoms with Gasteiger partial charge in [-0.05, 0) is 64.7 Å². The summed E-state index contributed by atoms with van der Waals surface area (Å²) in [5, 5.41) is 0. The molecule has 0 spiro atoms. The van der Waals surface area contributed by atoms with Gasteiger partial charge in [-0.15, -0.1) is 0 Å². The van der Waals surface area contributed by atoms with Crippen molar-refractivity contribution in [3.63, 3.8) is 0 Å². The first kappa shape index (κ1) is 42.2. The van der Waals surface area contributed by atoms with Crippen LogP contribution in [0.4, 0.5) is 8.78 Å². The topological polar surface area (TPSA) is 0 Å². The maximum absolute atomic E-state index is 12.9. The van der Waals surface area contributed by atoms with E-state index in [0.29, 0.717) is 10.8 Å². The van der Waals surface area contributed by atoms with Crippen LogP contribution in [0.1, 0.15) is 173 Å². The van der Waals surface area contributed by atoms with Gasteiger partial charge in [-0.1, -0.05) is 167 Å². The van der Waals surface area contributed by atoms with Gasteiger partial charge < -0.3 is 0 Å². The molecule has 0 N–H and O–H groups in total. The van der Waals surface area contributed by atoms with Gasteiger partial charge in [-0.2, -0.15) is 0 Å². The average molecular weight is 581 g/mol. The van der Waals surface area contributed by atoms with Gasteiger partial charge in [0.15, 0.2) is 0 Å². The molecule has 2 saturated carbocycles. The van der Waals surface area contributed by atoms with Crippen LogP contribution in [0.25, 0.3) is 0 Å². The normalized spacial score (nSPS) is 23.5. The number of hydrogen-bond acceptors (Lipinski definition) is 0. The second kappa shape index (κ2) is 18.0. The van der Waals surface area contributed by atoms with E-state index in [1.807, 2.05) is 0 Å². The minimum absolute atomic E-state index is 0. The van der Waals surface area contributed by atoms with Crippen LogP contribution in [0.15, 0.2) is 24.3 Å². The number of hydrogen-bond donors (Lipinski definition) is 0. The standard InChI is InChI=1S/C13H18F2.2C12H24.2CH4/c1-12(2,3)9-10-5-7-11(8-6-10)13(4,14)15;2*1-10-5-7-11(8-6-10)9-12(2,3)4;;/h5-8H,9H2,1-4H3;2*10-11H,5-9H2,1-4H3;2*1H4. The van der Waals surface area contributed by atoms with Gasteiger partial charge in [-0.3, -0.25) is 0 Å². The molecule has 3 rings (SSSR count). The molecule has 0 heterocycles. The van der Waals surface area contributed by atoms with E-state index in [0.717, 1.165) is 42.6 Å². The third-order valence-corrected chi connectivity index (χ3v) is 8.27. The average Bonchev–Trinajstić information content (AvgIpc) is 2.75. The fraction of sp³-hybridized carbons (Fsp3) is 0.846. The van der Waals surface area contributed by atoms with E-state index in [9.17, 15) is 8.78 Å². The molecule has 2 aliphatic carbocycles. The Morgan fingerprint density at radius 1 is 0.537 bits per heavy atom. The zero-order valence-corrected chi connectivity index (χ0v) is 28.2. The van der Waals surface area contributed by atoms with Crippen LogP contribution >= 0.6 is 0 Å². The summed E-state index contributed by atoms with van der Waals surface area (Å²) in [4.78, 5) is 0. The maximum Gasteiger partial charge on any atom is 0.270 e. The monoisotopic (exact) mass is 581 g/mol. The summed E-state index contributed by atoms with van der Waals surface area (Å²) in [6, 6.07) is 6.61. The van der Waals surface area contributed by atoms with Crippen molar-refractivity contribution in [2.75, 3.05) is 0 Å². The minimum atomic E-state index is -2.74. The maximum atomic E-state index is 12.9. The lowest BCUT2D eigenvalue weighted by molar-refractivity contribution is 0.0174. The first-order chi connectivity index (χ1) is 17.6. The summed E-state index contributed by atoms with van der Waals surface area (Å²) in [6.07, 6.45) is 15.6. The van der Waals surface area contributed by atoms with Gasteiger partial charge in [0.05, 0.1) is 0 Å². The van der Waals surface area contributed by atoms with Crippen LogP contribution in [0, 0.1) is 39.9 Å². The molecule has 0 saturated heterocycles. The van der Waals surface area contributed by atoms with Gasteiger partial charge in [0, 0.05) is 12.5 Å². The third kappa shape index (κ3) is 21.4. The molecule has 244 valence electrons. The predicted octanol–water partition coefficient (Wildman–Crippen LogP) is 14.2. The Morgan fingerprint density at radius 3 is 1.10 bits per heavy atom. The Bertz CT molecular complexity index is 729. The van der Waals surface area contributed by atoms with Gasteiger partial charge >= 0.3 is 0 Å². The second-order valence-corrected chi connectivity index (χ2v) is 17.1. The first-order valence-corrected chi connectivity index (χ1v) is 16.1. The van der Waals surface area contributed by atoms with E-state index in [1.165, 1.54) is 76.3 Å². The minimum Gasteiger partial charge on any atom is -0.202 e. The second-order valence-electron chi connectivity index (χ2n) is 17.1. The lowest BCUT2D eigenvalue weighted by Gasteiger charge is -2.31. The molecule has 2 heteroatoms. The molecule has 0 radical (unpaired) electrons. The lowest BCUT2D eigenvalue weighted by atomic mass is 9.75. The Balaban J connectivity index is 0. The smallest absolute Gasteiger partial charge is 0.202 e. The predicted molar refractivity (Wildman–Crippen MR) is 183 cm³/mol. The fourth-order valence-electron chi connectivity index (χ4n) is 6.33. The van der Waals surface area contributed by atoms with Crippen LogP contribution in [-0.4, -0.2) is 0 Å². The van der Waals surface area contributed by atoms with E-state index in [1.54, 1.807) is 12.1 Å². The summed E-state index contributed by atoms with van der Waals surface area (Å²) < 4.78 is 25.8. The van der Waals surface area contributed by atoms with Crippen LogP contribution < -0.4 is 0 Å². The van der Waals surface area contributed by atoms with Gasteiger partial charge in [0.1, 0.15) is 0 Å². The Kier molecular flexibility index (Phi) is 18.6. The molecule has 0 nitrogen and oxygen atoms in total. The highest BCUT2D eigenvalue weighted by atomic mass is 19.3. The van der Waals surface area contributed by atoms with Crippen molar-refractivity contribution in [3.05, 3.63) is 35.4 Å². The molecule has 0 bridgehead atoms. The number of rotatable bonds is 4. The first-order valence-electron chi connectivity index (χ1n) is 16.1.